The third-order valence-electron chi connectivity index (χ3n) is 3.45. The van der Waals surface area contributed by atoms with Crippen LogP contribution in [0.4, 0.5) is 0 Å². The van der Waals surface area contributed by atoms with E-state index in [4.69, 9.17) is 10.5 Å². The van der Waals surface area contributed by atoms with E-state index in [0.29, 0.717) is 0 Å². The maximum atomic E-state index is 6.15. The zero-order valence-corrected chi connectivity index (χ0v) is 12.4. The van der Waals surface area contributed by atoms with E-state index in [2.05, 4.69) is 38.1 Å². The summed E-state index contributed by atoms with van der Waals surface area (Å²) >= 11 is 0. The lowest BCUT2D eigenvalue weighted by Gasteiger charge is -2.33. The van der Waals surface area contributed by atoms with Crippen LogP contribution in [0.3, 0.4) is 0 Å². The van der Waals surface area contributed by atoms with Crippen LogP contribution in [0.2, 0.25) is 0 Å². The molecule has 1 aromatic rings. The molecule has 0 heterocycles. The highest BCUT2D eigenvalue weighted by atomic mass is 16.5. The molecule has 104 valence electrons. The van der Waals surface area contributed by atoms with Crippen LogP contribution >= 0.6 is 0 Å². The smallest absolute Gasteiger partial charge is 0.120 e. The molecule has 0 amide bonds. The van der Waals surface area contributed by atoms with Crippen molar-refractivity contribution in [1.29, 1.82) is 0 Å². The van der Waals surface area contributed by atoms with Gasteiger partial charge in [0, 0.05) is 6.04 Å². The van der Waals surface area contributed by atoms with Crippen LogP contribution < -0.4 is 10.5 Å². The Hall–Kier alpha value is -1.28. The van der Waals surface area contributed by atoms with Gasteiger partial charge in [-0.05, 0) is 55.4 Å². The molecule has 0 aromatic heterocycles. The Bertz CT molecular complexity index is 474. The first-order valence-electron chi connectivity index (χ1n) is 7.09. The normalized spacial score (nSPS) is 22.2. The first-order chi connectivity index (χ1) is 8.85. The van der Waals surface area contributed by atoms with Crippen LogP contribution in [0.5, 0.6) is 5.75 Å². The first kappa shape index (κ1) is 14.1. The van der Waals surface area contributed by atoms with Gasteiger partial charge in [-0.3, -0.25) is 0 Å². The van der Waals surface area contributed by atoms with Crippen molar-refractivity contribution in [3.63, 3.8) is 0 Å². The molecule has 1 aliphatic carbocycles. The fourth-order valence-electron chi connectivity index (χ4n) is 2.84. The van der Waals surface area contributed by atoms with Crippen molar-refractivity contribution in [2.24, 2.45) is 11.1 Å². The highest BCUT2D eigenvalue weighted by Crippen LogP contribution is 2.39. The summed E-state index contributed by atoms with van der Waals surface area (Å²) < 4.78 is 5.77. The van der Waals surface area contributed by atoms with Gasteiger partial charge in [0.25, 0.3) is 0 Å². The molecule has 0 aliphatic heterocycles. The fraction of sp³-hybridized carbons (Fsp3) is 0.529. The molecule has 1 atom stereocenters. The Morgan fingerprint density at radius 2 is 2.05 bits per heavy atom. The topological polar surface area (TPSA) is 35.2 Å². The van der Waals surface area contributed by atoms with E-state index in [1.807, 2.05) is 19.9 Å². The molecule has 2 N–H and O–H groups in total. The Morgan fingerprint density at radius 3 is 2.68 bits per heavy atom. The summed E-state index contributed by atoms with van der Waals surface area (Å²) in [6.45, 7) is 8.67. The van der Waals surface area contributed by atoms with Crippen LogP contribution in [0.1, 0.15) is 46.1 Å². The summed E-state index contributed by atoms with van der Waals surface area (Å²) in [4.78, 5) is 0. The standard InChI is InChI=1S/C17H25NO/c1-12(2)19-16-7-5-6-13(9-16)14-8-15(18)11-17(3,4)10-14/h5-9,12,15H,10-11,18H2,1-4H3. The van der Waals surface area contributed by atoms with E-state index in [1.165, 1.54) is 11.1 Å². The molecule has 0 saturated carbocycles. The lowest BCUT2D eigenvalue weighted by atomic mass is 9.74. The SMILES string of the molecule is CC(C)Oc1cccc(C2=CC(N)CC(C)(C)C2)c1. The minimum atomic E-state index is 0.161. The largest absolute Gasteiger partial charge is 0.491 e. The number of benzene rings is 1. The number of hydrogen-bond donors (Lipinski definition) is 1. The highest BCUT2D eigenvalue weighted by molar-refractivity contribution is 5.68. The number of nitrogens with two attached hydrogens (primary N) is 1. The molecule has 0 radical (unpaired) electrons. The Labute approximate surface area is 116 Å². The first-order valence-corrected chi connectivity index (χ1v) is 7.09. The van der Waals surface area contributed by atoms with Crippen LogP contribution in [-0.2, 0) is 0 Å². The molecule has 1 aromatic carbocycles. The number of hydrogen-bond acceptors (Lipinski definition) is 2. The Morgan fingerprint density at radius 1 is 1.32 bits per heavy atom. The molecule has 0 spiro atoms. The molecule has 19 heavy (non-hydrogen) atoms. The second-order valence-electron chi connectivity index (χ2n) is 6.60. The molecule has 1 aliphatic rings. The molecule has 2 heteroatoms. The second-order valence-corrected chi connectivity index (χ2v) is 6.60. The van der Waals surface area contributed by atoms with E-state index in [-0.39, 0.29) is 17.6 Å². The maximum absolute atomic E-state index is 6.15. The number of allylic oxidation sites excluding steroid dienone is 1. The van der Waals surface area contributed by atoms with Gasteiger partial charge in [-0.1, -0.05) is 32.1 Å². The van der Waals surface area contributed by atoms with Gasteiger partial charge in [-0.2, -0.15) is 0 Å². The van der Waals surface area contributed by atoms with Gasteiger partial charge in [0.05, 0.1) is 6.10 Å². The maximum Gasteiger partial charge on any atom is 0.120 e. The molecule has 1 unspecified atom stereocenters. The quantitative estimate of drug-likeness (QED) is 0.890. The van der Waals surface area contributed by atoms with Gasteiger partial charge in [0.1, 0.15) is 5.75 Å². The van der Waals surface area contributed by atoms with Crippen molar-refractivity contribution < 1.29 is 4.74 Å². The predicted molar refractivity (Wildman–Crippen MR) is 81.2 cm³/mol. The van der Waals surface area contributed by atoms with E-state index >= 15 is 0 Å². The fourth-order valence-corrected chi connectivity index (χ4v) is 2.84. The van der Waals surface area contributed by atoms with Gasteiger partial charge < -0.3 is 10.5 Å². The van der Waals surface area contributed by atoms with Gasteiger partial charge in [-0.25, -0.2) is 0 Å². The Balaban J connectivity index is 2.26. The predicted octanol–water partition coefficient (Wildman–Crippen LogP) is 4.00. The molecule has 2 nitrogen and oxygen atoms in total. The van der Waals surface area contributed by atoms with Gasteiger partial charge in [-0.15, -0.1) is 0 Å². The summed E-state index contributed by atoms with van der Waals surface area (Å²) in [6, 6.07) is 8.50. The van der Waals surface area contributed by atoms with Crippen molar-refractivity contribution in [2.45, 2.75) is 52.7 Å². The average Bonchev–Trinajstić information content (AvgIpc) is 2.25. The highest BCUT2D eigenvalue weighted by Gasteiger charge is 2.27. The van der Waals surface area contributed by atoms with Crippen LogP contribution in [0.15, 0.2) is 30.3 Å². The minimum Gasteiger partial charge on any atom is -0.491 e. The molecular weight excluding hydrogens is 234 g/mol. The minimum absolute atomic E-state index is 0.161. The van der Waals surface area contributed by atoms with E-state index in [1.54, 1.807) is 0 Å². The van der Waals surface area contributed by atoms with Crippen molar-refractivity contribution in [1.82, 2.24) is 0 Å². The molecule has 0 bridgehead atoms. The van der Waals surface area contributed by atoms with Crippen LogP contribution in [0.25, 0.3) is 5.57 Å². The Kier molecular flexibility index (Phi) is 4.00. The zero-order chi connectivity index (χ0) is 14.0. The summed E-state index contributed by atoms with van der Waals surface area (Å²) in [5.41, 5.74) is 9.01. The summed E-state index contributed by atoms with van der Waals surface area (Å²) in [5.74, 6) is 0.936. The molecule has 0 saturated heterocycles. The number of rotatable bonds is 3. The number of ether oxygens (including phenoxy) is 1. The lowest BCUT2D eigenvalue weighted by Crippen LogP contribution is -2.30. The van der Waals surface area contributed by atoms with Gasteiger partial charge in [0.15, 0.2) is 0 Å². The third-order valence-corrected chi connectivity index (χ3v) is 3.45. The molecule has 2 rings (SSSR count). The van der Waals surface area contributed by atoms with Crippen molar-refractivity contribution in [3.05, 3.63) is 35.9 Å². The third kappa shape index (κ3) is 3.84. The van der Waals surface area contributed by atoms with E-state index in [0.717, 1.165) is 18.6 Å². The van der Waals surface area contributed by atoms with E-state index < -0.39 is 0 Å². The monoisotopic (exact) mass is 259 g/mol. The van der Waals surface area contributed by atoms with Crippen LogP contribution in [-0.4, -0.2) is 12.1 Å². The summed E-state index contributed by atoms with van der Waals surface area (Å²) in [6.07, 6.45) is 4.54. The van der Waals surface area contributed by atoms with E-state index in [9.17, 15) is 0 Å². The van der Waals surface area contributed by atoms with Crippen molar-refractivity contribution in [2.75, 3.05) is 0 Å². The average molecular weight is 259 g/mol. The summed E-state index contributed by atoms with van der Waals surface area (Å²) in [7, 11) is 0. The van der Waals surface area contributed by atoms with Crippen molar-refractivity contribution in [3.8, 4) is 5.75 Å². The molecule has 0 fully saturated rings. The summed E-state index contributed by atoms with van der Waals surface area (Å²) in [5, 5.41) is 0. The second kappa shape index (κ2) is 5.38. The zero-order valence-electron chi connectivity index (χ0n) is 12.4. The molecular formula is C17H25NO. The van der Waals surface area contributed by atoms with Gasteiger partial charge in [0.2, 0.25) is 0 Å². The lowest BCUT2D eigenvalue weighted by molar-refractivity contribution is 0.242. The van der Waals surface area contributed by atoms with Gasteiger partial charge >= 0.3 is 0 Å². The van der Waals surface area contributed by atoms with Crippen LogP contribution in [0, 0.1) is 5.41 Å². The van der Waals surface area contributed by atoms with Crippen molar-refractivity contribution >= 4 is 5.57 Å².